The Morgan fingerprint density at radius 2 is 2.07 bits per heavy atom. The molecule has 0 fully saturated rings. The van der Waals surface area contributed by atoms with Gasteiger partial charge < -0.3 is 15.6 Å². The highest BCUT2D eigenvalue weighted by Gasteiger charge is 2.45. The average molecular weight is 373 g/mol. The van der Waals surface area contributed by atoms with Gasteiger partial charge in [-0.2, -0.15) is 0 Å². The maximum atomic E-state index is 14.5. The van der Waals surface area contributed by atoms with Gasteiger partial charge in [-0.05, 0) is 39.0 Å². The number of carbonyl (C=O) groups is 2. The molecule has 3 rings (SSSR count). The molecule has 0 saturated heterocycles. The van der Waals surface area contributed by atoms with E-state index >= 15 is 0 Å². The van der Waals surface area contributed by atoms with E-state index in [0.717, 1.165) is 0 Å². The topological polar surface area (TPSA) is 114 Å². The van der Waals surface area contributed by atoms with Crippen molar-refractivity contribution < 1.29 is 18.5 Å². The summed E-state index contributed by atoms with van der Waals surface area (Å²) < 4.78 is 19.4. The number of benzene rings is 1. The summed E-state index contributed by atoms with van der Waals surface area (Å²) in [5.74, 6) is -0.803. The monoisotopic (exact) mass is 373 g/mol. The highest BCUT2D eigenvalue weighted by Crippen LogP contribution is 2.42. The first kappa shape index (κ1) is 18.6. The molecule has 1 aromatic heterocycles. The molecule has 0 spiro atoms. The van der Waals surface area contributed by atoms with Crippen LogP contribution in [0, 0.1) is 18.2 Å². The van der Waals surface area contributed by atoms with Gasteiger partial charge in [0.15, 0.2) is 11.7 Å². The van der Waals surface area contributed by atoms with Crippen molar-refractivity contribution in [2.24, 2.45) is 16.1 Å². The van der Waals surface area contributed by atoms with Crippen molar-refractivity contribution in [3.63, 3.8) is 0 Å². The number of aromatic nitrogens is 1. The lowest BCUT2D eigenvalue weighted by Gasteiger charge is -2.38. The van der Waals surface area contributed by atoms with Crippen LogP contribution in [0.3, 0.4) is 0 Å². The van der Waals surface area contributed by atoms with Gasteiger partial charge in [0.25, 0.3) is 5.91 Å². The van der Waals surface area contributed by atoms with Gasteiger partial charge in [0.2, 0.25) is 5.91 Å². The summed E-state index contributed by atoms with van der Waals surface area (Å²) in [5, 5.41) is 6.28. The lowest BCUT2D eigenvalue weighted by atomic mass is 9.78. The molecular weight excluding hydrogens is 353 g/mol. The number of hydrogen-bond acceptors (Lipinski definition) is 6. The molecule has 142 valence electrons. The summed E-state index contributed by atoms with van der Waals surface area (Å²) >= 11 is 0. The fourth-order valence-corrected chi connectivity index (χ4v) is 2.99. The SMILES string of the molecule is Cc1cc(C(=O)Nc2ccc(F)c(C3N=C(N)N(C)C(=O)C3(C)C)c2)no1. The number of aryl methyl sites for hydroxylation is 1. The Kier molecular flexibility index (Phi) is 4.46. The average Bonchev–Trinajstić information content (AvgIpc) is 3.05. The summed E-state index contributed by atoms with van der Waals surface area (Å²) in [5.41, 5.74) is 5.41. The molecule has 8 nitrogen and oxygen atoms in total. The highest BCUT2D eigenvalue weighted by molar-refractivity contribution is 6.03. The fraction of sp³-hybridized carbons (Fsp3) is 0.333. The van der Waals surface area contributed by atoms with Crippen molar-refractivity contribution in [1.82, 2.24) is 10.1 Å². The molecule has 1 unspecified atom stereocenters. The van der Waals surface area contributed by atoms with Gasteiger partial charge in [0.05, 0.1) is 11.5 Å². The molecular formula is C18H20FN5O3. The standard InChI is InChI=1S/C18H20FN5O3/c1-9-7-13(23-27-9)15(25)21-10-5-6-12(19)11(8-10)14-18(2,3)16(26)24(4)17(20)22-14/h5-8,14H,1-4H3,(H2,20,22)(H,21,25). The minimum Gasteiger partial charge on any atom is -0.369 e. The fourth-order valence-electron chi connectivity index (χ4n) is 2.99. The second-order valence-electron chi connectivity index (χ2n) is 6.99. The van der Waals surface area contributed by atoms with Gasteiger partial charge in [0.1, 0.15) is 11.6 Å². The van der Waals surface area contributed by atoms with Crippen molar-refractivity contribution in [2.75, 3.05) is 12.4 Å². The number of guanidine groups is 1. The second-order valence-corrected chi connectivity index (χ2v) is 6.99. The van der Waals surface area contributed by atoms with E-state index in [4.69, 9.17) is 10.3 Å². The van der Waals surface area contributed by atoms with E-state index in [1.165, 1.54) is 36.2 Å². The number of anilines is 1. The van der Waals surface area contributed by atoms with E-state index in [0.29, 0.717) is 11.4 Å². The lowest BCUT2D eigenvalue weighted by Crippen LogP contribution is -2.51. The molecule has 0 bridgehead atoms. The molecule has 1 aliphatic rings. The van der Waals surface area contributed by atoms with Crippen molar-refractivity contribution in [1.29, 1.82) is 0 Å². The number of rotatable bonds is 3. The molecule has 1 atom stereocenters. The van der Waals surface area contributed by atoms with Crippen LogP contribution >= 0.6 is 0 Å². The first-order valence-electron chi connectivity index (χ1n) is 8.27. The number of carbonyl (C=O) groups excluding carboxylic acids is 2. The van der Waals surface area contributed by atoms with Crippen molar-refractivity contribution in [3.8, 4) is 0 Å². The molecule has 2 heterocycles. The third-order valence-electron chi connectivity index (χ3n) is 4.55. The molecule has 0 aliphatic carbocycles. The van der Waals surface area contributed by atoms with Gasteiger partial charge in [-0.3, -0.25) is 14.5 Å². The second kappa shape index (κ2) is 6.49. The van der Waals surface area contributed by atoms with Gasteiger partial charge >= 0.3 is 0 Å². The molecule has 1 aromatic carbocycles. The number of nitrogens with one attached hydrogen (secondary N) is 1. The van der Waals surface area contributed by atoms with Crippen molar-refractivity contribution >= 4 is 23.5 Å². The molecule has 2 amide bonds. The van der Waals surface area contributed by atoms with Crippen molar-refractivity contribution in [2.45, 2.75) is 26.8 Å². The zero-order chi connectivity index (χ0) is 19.9. The van der Waals surface area contributed by atoms with E-state index in [1.54, 1.807) is 20.8 Å². The Morgan fingerprint density at radius 1 is 1.37 bits per heavy atom. The summed E-state index contributed by atoms with van der Waals surface area (Å²) in [6, 6.07) is 4.74. The van der Waals surface area contributed by atoms with E-state index in [2.05, 4.69) is 15.5 Å². The van der Waals surface area contributed by atoms with Gasteiger partial charge in [-0.1, -0.05) is 5.16 Å². The van der Waals surface area contributed by atoms with Crippen LogP contribution in [0.2, 0.25) is 0 Å². The molecule has 9 heteroatoms. The Hall–Kier alpha value is -3.23. The quantitative estimate of drug-likeness (QED) is 0.856. The molecule has 0 saturated carbocycles. The largest absolute Gasteiger partial charge is 0.369 e. The third-order valence-corrected chi connectivity index (χ3v) is 4.55. The maximum absolute atomic E-state index is 14.5. The summed E-state index contributed by atoms with van der Waals surface area (Å²) in [6.45, 7) is 5.02. The molecule has 3 N–H and O–H groups in total. The Morgan fingerprint density at radius 3 is 2.70 bits per heavy atom. The van der Waals surface area contributed by atoms with Crippen LogP contribution in [0.4, 0.5) is 10.1 Å². The minimum absolute atomic E-state index is 0.0104. The number of aliphatic imine (C=N–C) groups is 1. The predicted octanol–water partition coefficient (Wildman–Crippen LogP) is 2.23. The maximum Gasteiger partial charge on any atom is 0.277 e. The van der Waals surface area contributed by atoms with Gasteiger partial charge in [-0.15, -0.1) is 0 Å². The van der Waals surface area contributed by atoms with Crippen LogP contribution < -0.4 is 11.1 Å². The minimum atomic E-state index is -1.01. The van der Waals surface area contributed by atoms with E-state index in [1.807, 2.05) is 0 Å². The van der Waals surface area contributed by atoms with Crippen LogP contribution in [0.25, 0.3) is 0 Å². The molecule has 0 radical (unpaired) electrons. The summed E-state index contributed by atoms with van der Waals surface area (Å²) in [4.78, 5) is 30.3. The zero-order valence-electron chi connectivity index (χ0n) is 15.4. The third kappa shape index (κ3) is 3.27. The zero-order valence-corrected chi connectivity index (χ0v) is 15.4. The first-order chi connectivity index (χ1) is 12.6. The van der Waals surface area contributed by atoms with Gasteiger partial charge in [-0.25, -0.2) is 9.38 Å². The lowest BCUT2D eigenvalue weighted by molar-refractivity contribution is -0.137. The predicted molar refractivity (Wildman–Crippen MR) is 96.5 cm³/mol. The Labute approximate surface area is 155 Å². The van der Waals surface area contributed by atoms with Crippen LogP contribution in [0.1, 0.15) is 41.7 Å². The molecule has 2 aromatic rings. The van der Waals surface area contributed by atoms with Crippen LogP contribution in [-0.4, -0.2) is 34.9 Å². The number of nitrogens with zero attached hydrogens (tertiary/aromatic N) is 3. The number of hydrogen-bond donors (Lipinski definition) is 2. The molecule has 27 heavy (non-hydrogen) atoms. The summed E-state index contributed by atoms with van der Waals surface area (Å²) in [6.07, 6.45) is 0. The Balaban J connectivity index is 1.96. The van der Waals surface area contributed by atoms with E-state index in [-0.39, 0.29) is 23.1 Å². The normalized spacial score (nSPS) is 19.0. The number of amides is 2. The van der Waals surface area contributed by atoms with Gasteiger partial charge in [0, 0.05) is 24.4 Å². The van der Waals surface area contributed by atoms with E-state index < -0.39 is 23.2 Å². The van der Waals surface area contributed by atoms with Crippen LogP contribution in [-0.2, 0) is 4.79 Å². The number of halogens is 1. The van der Waals surface area contributed by atoms with Crippen molar-refractivity contribution in [3.05, 3.63) is 47.1 Å². The summed E-state index contributed by atoms with van der Waals surface area (Å²) in [7, 11) is 1.52. The number of nitrogens with two attached hydrogens (primary N) is 1. The van der Waals surface area contributed by atoms with E-state index in [9.17, 15) is 14.0 Å². The van der Waals surface area contributed by atoms with Crippen LogP contribution in [0.5, 0.6) is 0 Å². The first-order valence-corrected chi connectivity index (χ1v) is 8.27. The Bertz CT molecular complexity index is 950. The highest BCUT2D eigenvalue weighted by atomic mass is 19.1. The van der Waals surface area contributed by atoms with Crippen LogP contribution in [0.15, 0.2) is 33.8 Å². The smallest absolute Gasteiger partial charge is 0.277 e. The molecule has 1 aliphatic heterocycles.